The zero-order valence-corrected chi connectivity index (χ0v) is 16.3. The molecule has 1 aromatic rings. The highest BCUT2D eigenvalue weighted by Crippen LogP contribution is 2.26. The summed E-state index contributed by atoms with van der Waals surface area (Å²) < 4.78 is 0. The van der Waals surface area contributed by atoms with Crippen molar-refractivity contribution in [2.45, 2.75) is 75.1 Å². The maximum Gasteiger partial charge on any atom is 0.226 e. The third-order valence-corrected chi connectivity index (χ3v) is 5.11. The van der Waals surface area contributed by atoms with Crippen LogP contribution in [0.25, 0.3) is 0 Å². The lowest BCUT2D eigenvalue weighted by atomic mass is 10.1. The van der Waals surface area contributed by atoms with Gasteiger partial charge < -0.3 is 5.11 Å². The number of nitrogens with zero attached hydrogens (tertiary/aromatic N) is 3. The van der Waals surface area contributed by atoms with Gasteiger partial charge in [0, 0.05) is 12.4 Å². The molecular formula is C16H28ClN3OS2. The minimum absolute atomic E-state index is 0.0243. The largest absolute Gasteiger partial charge is 0.396 e. The van der Waals surface area contributed by atoms with E-state index in [1.54, 1.807) is 11.8 Å². The van der Waals surface area contributed by atoms with E-state index in [0.717, 1.165) is 44.3 Å². The van der Waals surface area contributed by atoms with E-state index in [9.17, 15) is 0 Å². The quantitative estimate of drug-likeness (QED) is 0.284. The molecule has 1 heterocycles. The Labute approximate surface area is 154 Å². The van der Waals surface area contributed by atoms with Gasteiger partial charge in [0.2, 0.25) is 5.28 Å². The van der Waals surface area contributed by atoms with E-state index in [1.807, 2.05) is 0 Å². The number of unbranched alkanes of at least 4 members (excludes halogenated alkanes) is 6. The van der Waals surface area contributed by atoms with E-state index in [1.165, 1.54) is 19.3 Å². The third-order valence-electron chi connectivity index (χ3n) is 3.52. The fourth-order valence-electron chi connectivity index (χ4n) is 2.18. The van der Waals surface area contributed by atoms with Crippen LogP contribution in [0.4, 0.5) is 0 Å². The molecule has 0 fully saturated rings. The number of thiol groups is 1. The van der Waals surface area contributed by atoms with Gasteiger partial charge in [-0.15, -0.1) is 0 Å². The van der Waals surface area contributed by atoms with Gasteiger partial charge in [-0.1, -0.05) is 57.2 Å². The van der Waals surface area contributed by atoms with Gasteiger partial charge >= 0.3 is 0 Å². The number of aliphatic hydroxyl groups is 1. The summed E-state index contributed by atoms with van der Waals surface area (Å²) in [5.74, 6) is 1.64. The SMILES string of the molecule is CCCCCCC(S)c1nc(Cl)nc(SCCCCCCO)n1. The number of aromatic nitrogens is 3. The Kier molecular flexibility index (Phi) is 12.1. The smallest absolute Gasteiger partial charge is 0.226 e. The standard InChI is InChI=1S/C16H28ClN3OS2/c1-2-3-4-7-10-13(22)14-18-15(17)20-16(19-14)23-12-9-6-5-8-11-21/h13,21-22H,2-12H2,1H3. The Bertz CT molecular complexity index is 438. The van der Waals surface area contributed by atoms with Gasteiger partial charge in [-0.2, -0.15) is 17.6 Å². The Balaban J connectivity index is 2.41. The molecule has 0 amide bonds. The molecular weight excluding hydrogens is 350 g/mol. The van der Waals surface area contributed by atoms with Crippen LogP contribution in [-0.4, -0.2) is 32.4 Å². The second-order valence-corrected chi connectivity index (χ2v) is 7.62. The highest BCUT2D eigenvalue weighted by molar-refractivity contribution is 7.99. The zero-order chi connectivity index (χ0) is 16.9. The van der Waals surface area contributed by atoms with Crippen molar-refractivity contribution < 1.29 is 5.11 Å². The molecule has 1 rings (SSSR count). The van der Waals surface area contributed by atoms with Crippen molar-refractivity contribution >= 4 is 36.0 Å². The minimum atomic E-state index is 0.0243. The molecule has 1 unspecified atom stereocenters. The minimum Gasteiger partial charge on any atom is -0.396 e. The molecule has 1 atom stereocenters. The molecule has 0 radical (unpaired) electrons. The van der Waals surface area contributed by atoms with Crippen LogP contribution in [0.15, 0.2) is 5.16 Å². The fourth-order valence-corrected chi connectivity index (χ4v) is 3.54. The summed E-state index contributed by atoms with van der Waals surface area (Å²) in [6.45, 7) is 2.48. The van der Waals surface area contributed by atoms with Crippen molar-refractivity contribution in [2.24, 2.45) is 0 Å². The fraction of sp³-hybridized carbons (Fsp3) is 0.812. The van der Waals surface area contributed by atoms with E-state index in [-0.39, 0.29) is 17.1 Å². The van der Waals surface area contributed by atoms with Crippen LogP contribution in [0.2, 0.25) is 5.28 Å². The van der Waals surface area contributed by atoms with Gasteiger partial charge in [0.05, 0.1) is 5.25 Å². The molecule has 23 heavy (non-hydrogen) atoms. The first kappa shape index (κ1) is 21.0. The first-order valence-corrected chi connectivity index (χ1v) is 10.4. The maximum absolute atomic E-state index is 8.75. The third kappa shape index (κ3) is 9.75. The summed E-state index contributed by atoms with van der Waals surface area (Å²) in [6.07, 6.45) is 9.97. The van der Waals surface area contributed by atoms with E-state index in [0.29, 0.717) is 11.0 Å². The molecule has 1 aromatic heterocycles. The Hall–Kier alpha value is -0.0400. The van der Waals surface area contributed by atoms with Crippen molar-refractivity contribution in [3.8, 4) is 0 Å². The zero-order valence-electron chi connectivity index (χ0n) is 13.9. The summed E-state index contributed by atoms with van der Waals surface area (Å²) in [6, 6.07) is 0. The molecule has 1 N–H and O–H groups in total. The first-order chi connectivity index (χ1) is 11.2. The number of thioether (sulfide) groups is 1. The van der Waals surface area contributed by atoms with Crippen molar-refractivity contribution in [3.63, 3.8) is 0 Å². The summed E-state index contributed by atoms with van der Waals surface area (Å²) in [5, 5.41) is 9.72. The molecule has 7 heteroatoms. The highest BCUT2D eigenvalue weighted by atomic mass is 35.5. The molecule has 0 aromatic carbocycles. The number of rotatable bonds is 13. The van der Waals surface area contributed by atoms with E-state index >= 15 is 0 Å². The lowest BCUT2D eigenvalue weighted by Crippen LogP contribution is -2.03. The summed E-state index contributed by atoms with van der Waals surface area (Å²) in [4.78, 5) is 12.9. The van der Waals surface area contributed by atoms with Crippen LogP contribution >= 0.6 is 36.0 Å². The number of aliphatic hydroxyl groups excluding tert-OH is 1. The molecule has 0 saturated carbocycles. The van der Waals surface area contributed by atoms with E-state index < -0.39 is 0 Å². The molecule has 132 valence electrons. The Morgan fingerprint density at radius 1 is 1.04 bits per heavy atom. The molecule has 0 aliphatic heterocycles. The molecule has 0 saturated heterocycles. The van der Waals surface area contributed by atoms with Crippen molar-refractivity contribution in [2.75, 3.05) is 12.4 Å². The normalized spacial score (nSPS) is 12.5. The van der Waals surface area contributed by atoms with Crippen LogP contribution in [0.1, 0.15) is 75.8 Å². The second-order valence-electron chi connectivity index (χ2n) is 5.60. The summed E-state index contributed by atoms with van der Waals surface area (Å²) in [5.41, 5.74) is 0. The van der Waals surface area contributed by atoms with Crippen LogP contribution in [0.3, 0.4) is 0 Å². The number of hydrogen-bond donors (Lipinski definition) is 2. The lowest BCUT2D eigenvalue weighted by Gasteiger charge is -2.10. The van der Waals surface area contributed by atoms with Crippen LogP contribution in [0.5, 0.6) is 0 Å². The molecule has 0 spiro atoms. The van der Waals surface area contributed by atoms with Crippen molar-refractivity contribution in [3.05, 3.63) is 11.1 Å². The highest BCUT2D eigenvalue weighted by Gasteiger charge is 2.13. The second kappa shape index (κ2) is 13.3. The van der Waals surface area contributed by atoms with Gasteiger partial charge in [0.15, 0.2) is 5.16 Å². The average molecular weight is 378 g/mol. The van der Waals surface area contributed by atoms with Crippen molar-refractivity contribution in [1.82, 2.24) is 15.0 Å². The number of hydrogen-bond acceptors (Lipinski definition) is 6. The van der Waals surface area contributed by atoms with Crippen LogP contribution in [-0.2, 0) is 0 Å². The summed E-state index contributed by atoms with van der Waals surface area (Å²) in [7, 11) is 0. The predicted octanol–water partition coefficient (Wildman–Crippen LogP) is 5.11. The van der Waals surface area contributed by atoms with Crippen LogP contribution in [0, 0.1) is 0 Å². The van der Waals surface area contributed by atoms with Crippen LogP contribution < -0.4 is 0 Å². The van der Waals surface area contributed by atoms with E-state index in [2.05, 4.69) is 34.5 Å². The van der Waals surface area contributed by atoms with Gasteiger partial charge in [0.1, 0.15) is 5.82 Å². The van der Waals surface area contributed by atoms with E-state index in [4.69, 9.17) is 16.7 Å². The van der Waals surface area contributed by atoms with Crippen molar-refractivity contribution in [1.29, 1.82) is 0 Å². The van der Waals surface area contributed by atoms with Gasteiger partial charge in [-0.05, 0) is 30.9 Å². The molecule has 0 aliphatic rings. The Morgan fingerprint density at radius 3 is 2.52 bits per heavy atom. The predicted molar refractivity (Wildman–Crippen MR) is 102 cm³/mol. The first-order valence-electron chi connectivity index (χ1n) is 8.50. The average Bonchev–Trinajstić information content (AvgIpc) is 2.54. The maximum atomic E-state index is 8.75. The van der Waals surface area contributed by atoms with Gasteiger partial charge in [-0.3, -0.25) is 0 Å². The topological polar surface area (TPSA) is 58.9 Å². The number of halogens is 1. The molecule has 4 nitrogen and oxygen atoms in total. The van der Waals surface area contributed by atoms with Gasteiger partial charge in [0.25, 0.3) is 0 Å². The summed E-state index contributed by atoms with van der Waals surface area (Å²) >= 11 is 12.3. The Morgan fingerprint density at radius 2 is 1.78 bits per heavy atom. The monoisotopic (exact) mass is 377 g/mol. The lowest BCUT2D eigenvalue weighted by molar-refractivity contribution is 0.283. The molecule has 0 bridgehead atoms. The molecule has 0 aliphatic carbocycles. The van der Waals surface area contributed by atoms with Gasteiger partial charge in [-0.25, -0.2) is 9.97 Å².